The molecule has 0 saturated carbocycles. The highest BCUT2D eigenvalue weighted by Gasteiger charge is 2.16. The number of amides is 1. The van der Waals surface area contributed by atoms with Crippen molar-refractivity contribution in [1.82, 2.24) is 0 Å². The van der Waals surface area contributed by atoms with Gasteiger partial charge in [-0.25, -0.2) is 9.59 Å². The summed E-state index contributed by atoms with van der Waals surface area (Å²) in [5.41, 5.74) is 0.799. The number of nitrogens with one attached hydrogen (secondary N) is 1. The van der Waals surface area contributed by atoms with Gasteiger partial charge in [0.1, 0.15) is 11.3 Å². The lowest BCUT2D eigenvalue weighted by Crippen LogP contribution is -2.21. The summed E-state index contributed by atoms with van der Waals surface area (Å²) in [7, 11) is 0. The Balaban J connectivity index is 1.56. The number of benzene rings is 3. The molecule has 0 aromatic heterocycles. The van der Waals surface area contributed by atoms with Gasteiger partial charge in [0.25, 0.3) is 5.91 Å². The molecule has 154 valence electrons. The van der Waals surface area contributed by atoms with E-state index in [0.717, 1.165) is 11.8 Å². The molecule has 0 fully saturated rings. The Bertz CT molecular complexity index is 1070. The maximum atomic E-state index is 12.3. The van der Waals surface area contributed by atoms with Crippen molar-refractivity contribution in [2.75, 3.05) is 18.5 Å². The molecule has 7 heteroatoms. The van der Waals surface area contributed by atoms with Gasteiger partial charge in [0, 0.05) is 11.1 Å². The molecule has 3 rings (SSSR count). The number of rotatable bonds is 7. The Labute approximate surface area is 173 Å². The van der Waals surface area contributed by atoms with Crippen LogP contribution in [0.15, 0.2) is 60.7 Å². The number of carbonyl (C=O) groups is 3. The molecule has 0 aliphatic heterocycles. The predicted molar refractivity (Wildman–Crippen MR) is 112 cm³/mol. The van der Waals surface area contributed by atoms with Crippen molar-refractivity contribution in [3.63, 3.8) is 0 Å². The number of fused-ring (bicyclic) bond motifs is 1. The van der Waals surface area contributed by atoms with Crippen LogP contribution in [0.5, 0.6) is 5.75 Å². The van der Waals surface area contributed by atoms with Gasteiger partial charge in [0.05, 0.1) is 12.2 Å². The molecular formula is C23H21NO6. The van der Waals surface area contributed by atoms with Gasteiger partial charge in [0.2, 0.25) is 0 Å². The highest BCUT2D eigenvalue weighted by atomic mass is 16.5. The number of hydrogen-bond donors (Lipinski definition) is 2. The average molecular weight is 407 g/mol. The van der Waals surface area contributed by atoms with E-state index in [4.69, 9.17) is 9.47 Å². The Morgan fingerprint density at radius 3 is 2.37 bits per heavy atom. The van der Waals surface area contributed by atoms with Gasteiger partial charge in [-0.15, -0.1) is 0 Å². The SMILES string of the molecule is CCCOC(=O)c1ccc(NC(=O)COC(=O)c2ccc3ccccc3c2O)cc1. The Kier molecular flexibility index (Phi) is 6.64. The average Bonchev–Trinajstić information content (AvgIpc) is 2.76. The van der Waals surface area contributed by atoms with Crippen LogP contribution in [-0.2, 0) is 14.3 Å². The number of aromatic hydroxyl groups is 1. The van der Waals surface area contributed by atoms with Crippen molar-refractivity contribution >= 4 is 34.3 Å². The molecule has 0 aliphatic carbocycles. The lowest BCUT2D eigenvalue weighted by Gasteiger charge is -2.09. The maximum absolute atomic E-state index is 12.3. The number of carbonyl (C=O) groups excluding carboxylic acids is 3. The molecule has 7 nitrogen and oxygen atoms in total. The van der Waals surface area contributed by atoms with Crippen molar-refractivity contribution in [3.8, 4) is 5.75 Å². The molecule has 0 radical (unpaired) electrons. The normalized spacial score (nSPS) is 10.4. The molecule has 3 aromatic carbocycles. The fourth-order valence-electron chi connectivity index (χ4n) is 2.79. The molecule has 3 aromatic rings. The van der Waals surface area contributed by atoms with Crippen LogP contribution >= 0.6 is 0 Å². The second-order valence-electron chi connectivity index (χ2n) is 6.52. The number of anilines is 1. The number of ether oxygens (including phenoxy) is 2. The van der Waals surface area contributed by atoms with Crippen molar-refractivity contribution in [1.29, 1.82) is 0 Å². The van der Waals surface area contributed by atoms with Gasteiger partial charge in [-0.1, -0.05) is 37.3 Å². The third-order valence-corrected chi connectivity index (χ3v) is 4.30. The van der Waals surface area contributed by atoms with E-state index >= 15 is 0 Å². The highest BCUT2D eigenvalue weighted by Crippen LogP contribution is 2.29. The number of phenolic OH excluding ortho intramolecular Hbond substituents is 1. The summed E-state index contributed by atoms with van der Waals surface area (Å²) >= 11 is 0. The smallest absolute Gasteiger partial charge is 0.342 e. The van der Waals surface area contributed by atoms with Crippen LogP contribution in [0.25, 0.3) is 10.8 Å². The van der Waals surface area contributed by atoms with Crippen molar-refractivity contribution in [2.45, 2.75) is 13.3 Å². The first kappa shape index (κ1) is 20.9. The Morgan fingerprint density at radius 2 is 1.63 bits per heavy atom. The lowest BCUT2D eigenvalue weighted by molar-refractivity contribution is -0.119. The van der Waals surface area contributed by atoms with Gasteiger partial charge in [-0.2, -0.15) is 0 Å². The monoisotopic (exact) mass is 407 g/mol. The van der Waals surface area contributed by atoms with E-state index in [-0.39, 0.29) is 11.3 Å². The van der Waals surface area contributed by atoms with E-state index in [1.54, 1.807) is 30.3 Å². The van der Waals surface area contributed by atoms with Crippen LogP contribution in [0, 0.1) is 0 Å². The minimum absolute atomic E-state index is 0.0172. The number of hydrogen-bond acceptors (Lipinski definition) is 6. The third-order valence-electron chi connectivity index (χ3n) is 4.30. The van der Waals surface area contributed by atoms with E-state index in [0.29, 0.717) is 23.2 Å². The first-order valence-corrected chi connectivity index (χ1v) is 9.44. The molecule has 0 unspecified atom stereocenters. The quantitative estimate of drug-likeness (QED) is 0.576. The van der Waals surface area contributed by atoms with Crippen LogP contribution in [0.4, 0.5) is 5.69 Å². The molecule has 0 spiro atoms. The summed E-state index contributed by atoms with van der Waals surface area (Å²) in [6, 6.07) is 16.4. The van der Waals surface area contributed by atoms with Gasteiger partial charge in [0.15, 0.2) is 6.61 Å². The third kappa shape index (κ3) is 4.94. The zero-order chi connectivity index (χ0) is 21.5. The van der Waals surface area contributed by atoms with Crippen molar-refractivity contribution in [2.24, 2.45) is 0 Å². The fraction of sp³-hybridized carbons (Fsp3) is 0.174. The fourth-order valence-corrected chi connectivity index (χ4v) is 2.79. The van der Waals surface area contributed by atoms with Crippen molar-refractivity contribution in [3.05, 3.63) is 71.8 Å². The summed E-state index contributed by atoms with van der Waals surface area (Å²) in [5.74, 6) is -1.98. The van der Waals surface area contributed by atoms with E-state index in [1.807, 2.05) is 19.1 Å². The van der Waals surface area contributed by atoms with Gasteiger partial charge in [-0.05, 0) is 42.1 Å². The van der Waals surface area contributed by atoms with Gasteiger partial charge < -0.3 is 19.9 Å². The molecule has 0 atom stereocenters. The minimum atomic E-state index is -0.803. The topological polar surface area (TPSA) is 102 Å². The number of esters is 2. The molecular weight excluding hydrogens is 386 g/mol. The molecule has 0 aliphatic rings. The standard InChI is InChI=1S/C23H21NO6/c1-2-13-29-22(27)16-7-10-17(11-8-16)24-20(25)14-30-23(28)19-12-9-15-5-3-4-6-18(15)21(19)26/h3-12,26H,2,13-14H2,1H3,(H,24,25). The van der Waals surface area contributed by atoms with Crippen LogP contribution in [0.2, 0.25) is 0 Å². The second kappa shape index (κ2) is 9.56. The summed E-state index contributed by atoms with van der Waals surface area (Å²) in [6.07, 6.45) is 0.732. The molecule has 0 saturated heterocycles. The summed E-state index contributed by atoms with van der Waals surface area (Å²) < 4.78 is 10.1. The zero-order valence-electron chi connectivity index (χ0n) is 16.4. The molecule has 0 bridgehead atoms. The number of phenols is 1. The van der Waals surface area contributed by atoms with E-state index < -0.39 is 24.5 Å². The second-order valence-corrected chi connectivity index (χ2v) is 6.52. The highest BCUT2D eigenvalue weighted by molar-refractivity contribution is 6.02. The minimum Gasteiger partial charge on any atom is -0.506 e. The van der Waals surface area contributed by atoms with Crippen LogP contribution in [0.3, 0.4) is 0 Å². The molecule has 2 N–H and O–H groups in total. The summed E-state index contributed by atoms with van der Waals surface area (Å²) in [4.78, 5) is 36.1. The molecule has 0 heterocycles. The van der Waals surface area contributed by atoms with Crippen LogP contribution < -0.4 is 5.32 Å². The van der Waals surface area contributed by atoms with Crippen molar-refractivity contribution < 1.29 is 29.0 Å². The van der Waals surface area contributed by atoms with Gasteiger partial charge in [-0.3, -0.25) is 4.79 Å². The zero-order valence-corrected chi connectivity index (χ0v) is 16.4. The summed E-state index contributed by atoms with van der Waals surface area (Å²) in [6.45, 7) is 1.72. The first-order chi connectivity index (χ1) is 14.5. The predicted octanol–water partition coefficient (Wildman–Crippen LogP) is 3.91. The van der Waals surface area contributed by atoms with E-state index in [1.165, 1.54) is 18.2 Å². The van der Waals surface area contributed by atoms with E-state index in [2.05, 4.69) is 5.32 Å². The lowest BCUT2D eigenvalue weighted by atomic mass is 10.1. The molecule has 30 heavy (non-hydrogen) atoms. The van der Waals surface area contributed by atoms with Gasteiger partial charge >= 0.3 is 11.9 Å². The Morgan fingerprint density at radius 1 is 0.900 bits per heavy atom. The summed E-state index contributed by atoms with van der Waals surface area (Å²) in [5, 5.41) is 14.2. The Hall–Kier alpha value is -3.87. The molecule has 1 amide bonds. The van der Waals surface area contributed by atoms with E-state index in [9.17, 15) is 19.5 Å². The maximum Gasteiger partial charge on any atom is 0.342 e. The van der Waals surface area contributed by atoms with Crippen LogP contribution in [-0.4, -0.2) is 36.2 Å². The largest absolute Gasteiger partial charge is 0.506 e. The van der Waals surface area contributed by atoms with Crippen LogP contribution in [0.1, 0.15) is 34.1 Å². The first-order valence-electron chi connectivity index (χ1n) is 9.44.